The molecule has 1 aromatic heterocycles. The second-order valence-electron chi connectivity index (χ2n) is 9.19. The highest BCUT2D eigenvalue weighted by Crippen LogP contribution is 2.23. The first-order chi connectivity index (χ1) is 18.8. The lowest BCUT2D eigenvalue weighted by Crippen LogP contribution is -2.43. The zero-order valence-electron chi connectivity index (χ0n) is 21.8. The number of halogens is 2. The van der Waals surface area contributed by atoms with E-state index in [1.165, 1.54) is 36.4 Å². The zero-order chi connectivity index (χ0) is 27.8. The number of sulfone groups is 1. The van der Waals surface area contributed by atoms with Crippen LogP contribution >= 0.6 is 11.6 Å². The van der Waals surface area contributed by atoms with Crippen molar-refractivity contribution in [1.82, 2.24) is 19.4 Å². The standard InChI is InChI=1S/C27H32ClFN4O5S/c1-37-15-14-33-22(18-30-27(33)39(35,36)20-21-6-2-4-8-24(21)28)19-32(11-10-31-12-16-38-17-13-31)26(34)23-7-3-5-9-25(23)29/h2-9,18H,10-17,19-20H2,1H3. The number of carbonyl (C=O) groups excluding carboxylic acids is 1. The molecule has 0 aliphatic carbocycles. The minimum absolute atomic E-state index is 0.0375. The molecule has 12 heteroatoms. The summed E-state index contributed by atoms with van der Waals surface area (Å²) in [5, 5.41) is 0.210. The maximum atomic E-state index is 14.6. The topological polar surface area (TPSA) is 94.0 Å². The average Bonchev–Trinajstić information content (AvgIpc) is 3.34. The van der Waals surface area contributed by atoms with Crippen LogP contribution in [-0.2, 0) is 38.2 Å². The molecule has 1 aliphatic heterocycles. The summed E-state index contributed by atoms with van der Waals surface area (Å²) in [6.07, 6.45) is 1.45. The lowest BCUT2D eigenvalue weighted by atomic mass is 10.1. The molecule has 9 nitrogen and oxygen atoms in total. The van der Waals surface area contributed by atoms with Gasteiger partial charge < -0.3 is 18.9 Å². The Labute approximate surface area is 233 Å². The third kappa shape index (κ3) is 7.43. The number of benzene rings is 2. The van der Waals surface area contributed by atoms with Crippen molar-refractivity contribution in [3.63, 3.8) is 0 Å². The van der Waals surface area contributed by atoms with Crippen molar-refractivity contribution in [2.75, 3.05) is 53.1 Å². The minimum atomic E-state index is -3.89. The summed E-state index contributed by atoms with van der Waals surface area (Å²) in [7, 11) is -2.38. The van der Waals surface area contributed by atoms with Crippen molar-refractivity contribution in [3.05, 3.63) is 82.4 Å². The van der Waals surface area contributed by atoms with Crippen LogP contribution in [0.3, 0.4) is 0 Å². The molecule has 210 valence electrons. The number of amides is 1. The van der Waals surface area contributed by atoms with Crippen LogP contribution in [0.5, 0.6) is 0 Å². The zero-order valence-corrected chi connectivity index (χ0v) is 23.3. The Bertz CT molecular complexity index is 1380. The van der Waals surface area contributed by atoms with E-state index in [1.54, 1.807) is 34.9 Å². The van der Waals surface area contributed by atoms with Crippen molar-refractivity contribution in [2.24, 2.45) is 0 Å². The first-order valence-corrected chi connectivity index (χ1v) is 14.7. The SMILES string of the molecule is COCCn1c(CN(CCN2CCOCC2)C(=O)c2ccccc2F)cnc1S(=O)(=O)Cc1ccccc1Cl. The summed E-state index contributed by atoms with van der Waals surface area (Å²) in [6, 6.07) is 12.6. The van der Waals surface area contributed by atoms with Crippen LogP contribution in [0, 0.1) is 5.82 Å². The number of morpholine rings is 1. The van der Waals surface area contributed by atoms with Gasteiger partial charge in [-0.15, -0.1) is 0 Å². The summed E-state index contributed by atoms with van der Waals surface area (Å²) >= 11 is 6.22. The van der Waals surface area contributed by atoms with Gasteiger partial charge in [-0.05, 0) is 23.8 Å². The Morgan fingerprint density at radius 2 is 1.85 bits per heavy atom. The Kier molecular flexibility index (Phi) is 10.1. The summed E-state index contributed by atoms with van der Waals surface area (Å²) in [6.45, 7) is 4.03. The normalized spacial score (nSPS) is 14.4. The first kappa shape index (κ1) is 29.2. The summed E-state index contributed by atoms with van der Waals surface area (Å²) in [5.74, 6) is -1.43. The molecule has 2 heterocycles. The molecular formula is C27H32ClFN4O5S. The Morgan fingerprint density at radius 3 is 2.56 bits per heavy atom. The number of nitrogens with zero attached hydrogens (tertiary/aromatic N) is 4. The highest BCUT2D eigenvalue weighted by molar-refractivity contribution is 7.90. The lowest BCUT2D eigenvalue weighted by Gasteiger charge is -2.30. The number of rotatable bonds is 12. The highest BCUT2D eigenvalue weighted by Gasteiger charge is 2.27. The van der Waals surface area contributed by atoms with Crippen molar-refractivity contribution >= 4 is 27.3 Å². The maximum absolute atomic E-state index is 14.6. The molecule has 2 aromatic carbocycles. The van der Waals surface area contributed by atoms with E-state index in [-0.39, 0.29) is 36.2 Å². The van der Waals surface area contributed by atoms with Crippen LogP contribution in [0.1, 0.15) is 21.6 Å². The van der Waals surface area contributed by atoms with Crippen molar-refractivity contribution in [2.45, 2.75) is 24.0 Å². The van der Waals surface area contributed by atoms with Crippen LogP contribution in [0.15, 0.2) is 59.9 Å². The van der Waals surface area contributed by atoms with Crippen LogP contribution in [0.4, 0.5) is 4.39 Å². The van der Waals surface area contributed by atoms with Gasteiger partial charge in [0.2, 0.25) is 15.0 Å². The fourth-order valence-corrected chi connectivity index (χ4v) is 6.24. The molecule has 0 atom stereocenters. The summed E-state index contributed by atoms with van der Waals surface area (Å²) in [4.78, 5) is 21.5. The van der Waals surface area contributed by atoms with Gasteiger partial charge in [0.15, 0.2) is 0 Å². The monoisotopic (exact) mass is 578 g/mol. The van der Waals surface area contributed by atoms with E-state index in [0.717, 1.165) is 13.1 Å². The second kappa shape index (κ2) is 13.5. The number of aromatic nitrogens is 2. The molecule has 1 aliphatic rings. The van der Waals surface area contributed by atoms with Crippen LogP contribution < -0.4 is 0 Å². The predicted octanol–water partition coefficient (Wildman–Crippen LogP) is 3.27. The molecule has 0 saturated carbocycles. The molecule has 0 N–H and O–H groups in total. The molecule has 1 amide bonds. The first-order valence-electron chi connectivity index (χ1n) is 12.6. The Hall–Kier alpha value is -2.83. The molecule has 0 bridgehead atoms. The van der Waals surface area contributed by atoms with E-state index in [1.807, 2.05) is 0 Å². The van der Waals surface area contributed by atoms with Crippen LogP contribution in [-0.4, -0.2) is 86.8 Å². The van der Waals surface area contributed by atoms with E-state index in [4.69, 9.17) is 21.1 Å². The van der Waals surface area contributed by atoms with Crippen molar-refractivity contribution in [1.29, 1.82) is 0 Å². The fourth-order valence-electron chi connectivity index (χ4n) is 4.41. The van der Waals surface area contributed by atoms with Gasteiger partial charge in [0, 0.05) is 44.9 Å². The van der Waals surface area contributed by atoms with Crippen molar-refractivity contribution in [3.8, 4) is 0 Å². The van der Waals surface area contributed by atoms with Gasteiger partial charge in [-0.3, -0.25) is 9.69 Å². The van der Waals surface area contributed by atoms with E-state index >= 15 is 0 Å². The third-order valence-corrected chi connectivity index (χ3v) is 8.48. The Balaban J connectivity index is 1.64. The van der Waals surface area contributed by atoms with Gasteiger partial charge in [0.25, 0.3) is 5.91 Å². The number of imidazole rings is 1. The second-order valence-corrected chi connectivity index (χ2v) is 11.5. The number of hydrogen-bond acceptors (Lipinski definition) is 7. The molecule has 4 rings (SSSR count). The molecular weight excluding hydrogens is 547 g/mol. The van der Waals surface area contributed by atoms with Gasteiger partial charge in [0.05, 0.1) is 49.6 Å². The van der Waals surface area contributed by atoms with E-state index in [9.17, 15) is 17.6 Å². The largest absolute Gasteiger partial charge is 0.383 e. The number of methoxy groups -OCH3 is 1. The third-order valence-electron chi connectivity index (χ3n) is 6.54. The highest BCUT2D eigenvalue weighted by atomic mass is 35.5. The van der Waals surface area contributed by atoms with Gasteiger partial charge in [-0.1, -0.05) is 41.9 Å². The van der Waals surface area contributed by atoms with E-state index in [2.05, 4.69) is 9.88 Å². The fraction of sp³-hybridized carbons (Fsp3) is 0.407. The Morgan fingerprint density at radius 1 is 1.13 bits per heavy atom. The molecule has 39 heavy (non-hydrogen) atoms. The average molecular weight is 579 g/mol. The molecule has 1 saturated heterocycles. The molecule has 1 fully saturated rings. The maximum Gasteiger partial charge on any atom is 0.257 e. The molecule has 0 unspecified atom stereocenters. The lowest BCUT2D eigenvalue weighted by molar-refractivity contribution is 0.0318. The molecule has 3 aromatic rings. The summed E-state index contributed by atoms with van der Waals surface area (Å²) < 4.78 is 53.6. The number of ether oxygens (including phenoxy) is 2. The van der Waals surface area contributed by atoms with Gasteiger partial charge in [-0.25, -0.2) is 17.8 Å². The quantitative estimate of drug-likeness (QED) is 0.326. The predicted molar refractivity (Wildman–Crippen MR) is 145 cm³/mol. The van der Waals surface area contributed by atoms with Gasteiger partial charge >= 0.3 is 0 Å². The van der Waals surface area contributed by atoms with Crippen molar-refractivity contribution < 1.29 is 27.1 Å². The van der Waals surface area contributed by atoms with Crippen LogP contribution in [0.2, 0.25) is 5.02 Å². The molecule has 0 spiro atoms. The summed E-state index contributed by atoms with van der Waals surface area (Å²) in [5.41, 5.74) is 0.911. The van der Waals surface area contributed by atoms with Gasteiger partial charge in [0.1, 0.15) is 5.82 Å². The minimum Gasteiger partial charge on any atom is -0.383 e. The van der Waals surface area contributed by atoms with E-state index < -0.39 is 21.6 Å². The smallest absolute Gasteiger partial charge is 0.257 e. The number of hydrogen-bond donors (Lipinski definition) is 0. The van der Waals surface area contributed by atoms with Gasteiger partial charge in [-0.2, -0.15) is 0 Å². The van der Waals surface area contributed by atoms with E-state index in [0.29, 0.717) is 42.6 Å². The molecule has 0 radical (unpaired) electrons. The van der Waals surface area contributed by atoms with Crippen LogP contribution in [0.25, 0.3) is 0 Å². The number of carbonyl (C=O) groups is 1.